The summed E-state index contributed by atoms with van der Waals surface area (Å²) in [5.41, 5.74) is 1.10. The number of hydrogen-bond donors (Lipinski definition) is 0. The molecule has 0 aliphatic carbocycles. The van der Waals surface area contributed by atoms with Crippen molar-refractivity contribution < 1.29 is 12.6 Å². The quantitative estimate of drug-likeness (QED) is 0.752. The summed E-state index contributed by atoms with van der Waals surface area (Å²) in [7, 11) is -2.47. The van der Waals surface area contributed by atoms with Crippen LogP contribution in [-0.4, -0.2) is 15.5 Å². The van der Waals surface area contributed by atoms with Crippen molar-refractivity contribution >= 4 is 20.9 Å². The lowest BCUT2D eigenvalue weighted by Gasteiger charge is -2.06. The van der Waals surface area contributed by atoms with Crippen LogP contribution in [0.25, 0.3) is 10.8 Å². The Balaban J connectivity index is 2.82. The third-order valence-corrected chi connectivity index (χ3v) is 3.82. The van der Waals surface area contributed by atoms with Crippen molar-refractivity contribution in [3.05, 3.63) is 42.0 Å². The number of fused-ring (bicyclic) bond motifs is 1. The molecule has 0 aromatic heterocycles. The fourth-order valence-electron chi connectivity index (χ4n) is 1.68. The molecule has 4 heteroatoms. The van der Waals surface area contributed by atoms with Gasteiger partial charge in [-0.2, -0.15) is 8.42 Å². The molecule has 0 bridgehead atoms. The van der Waals surface area contributed by atoms with Gasteiger partial charge >= 0.3 is 0 Å². The first-order valence-corrected chi connectivity index (χ1v) is 6.25. The first-order chi connectivity index (χ1) is 7.54. The third kappa shape index (κ3) is 1.81. The minimum atomic E-state index is -3.64. The van der Waals surface area contributed by atoms with Gasteiger partial charge in [-0.05, 0) is 18.4 Å². The van der Waals surface area contributed by atoms with Crippen molar-refractivity contribution in [2.75, 3.05) is 7.11 Å². The van der Waals surface area contributed by atoms with E-state index in [0.717, 1.165) is 10.9 Å². The number of benzene rings is 2. The van der Waals surface area contributed by atoms with E-state index in [0.29, 0.717) is 5.39 Å². The Morgan fingerprint density at radius 2 is 1.88 bits per heavy atom. The highest BCUT2D eigenvalue weighted by atomic mass is 32.2. The van der Waals surface area contributed by atoms with Crippen LogP contribution < -0.4 is 0 Å². The second-order valence-electron chi connectivity index (χ2n) is 3.60. The summed E-state index contributed by atoms with van der Waals surface area (Å²) in [4.78, 5) is 0.215. The molecule has 0 saturated heterocycles. The van der Waals surface area contributed by atoms with Crippen LogP contribution in [0.5, 0.6) is 0 Å². The highest BCUT2D eigenvalue weighted by Crippen LogP contribution is 2.24. The summed E-state index contributed by atoms with van der Waals surface area (Å²) < 4.78 is 27.9. The third-order valence-electron chi connectivity index (χ3n) is 2.48. The molecule has 16 heavy (non-hydrogen) atoms. The maximum Gasteiger partial charge on any atom is 0.297 e. The van der Waals surface area contributed by atoms with Crippen molar-refractivity contribution in [2.45, 2.75) is 11.8 Å². The lowest BCUT2D eigenvalue weighted by atomic mass is 10.1. The molecule has 3 nitrogen and oxygen atoms in total. The zero-order chi connectivity index (χ0) is 11.8. The fraction of sp³-hybridized carbons (Fsp3) is 0.167. The molecule has 0 aliphatic rings. The average Bonchev–Trinajstić information content (AvgIpc) is 2.27. The first-order valence-electron chi connectivity index (χ1n) is 4.84. The van der Waals surface area contributed by atoms with Gasteiger partial charge in [-0.3, -0.25) is 4.18 Å². The van der Waals surface area contributed by atoms with E-state index in [-0.39, 0.29) is 4.90 Å². The zero-order valence-electron chi connectivity index (χ0n) is 9.10. The lowest BCUT2D eigenvalue weighted by Crippen LogP contribution is -2.03. The predicted molar refractivity (Wildman–Crippen MR) is 62.9 cm³/mol. The van der Waals surface area contributed by atoms with Gasteiger partial charge in [0.25, 0.3) is 10.1 Å². The van der Waals surface area contributed by atoms with Gasteiger partial charge in [0.1, 0.15) is 4.90 Å². The van der Waals surface area contributed by atoms with E-state index in [1.165, 1.54) is 7.11 Å². The highest BCUT2D eigenvalue weighted by Gasteiger charge is 2.15. The second-order valence-corrected chi connectivity index (χ2v) is 5.28. The van der Waals surface area contributed by atoms with E-state index >= 15 is 0 Å². The normalized spacial score (nSPS) is 11.9. The van der Waals surface area contributed by atoms with Crippen LogP contribution in [-0.2, 0) is 14.3 Å². The van der Waals surface area contributed by atoms with Crippen LogP contribution in [0.1, 0.15) is 5.56 Å². The van der Waals surface area contributed by atoms with Gasteiger partial charge in [0.05, 0.1) is 7.11 Å². The van der Waals surface area contributed by atoms with Crippen LogP contribution in [0.4, 0.5) is 0 Å². The zero-order valence-corrected chi connectivity index (χ0v) is 9.91. The van der Waals surface area contributed by atoms with E-state index < -0.39 is 10.1 Å². The smallest absolute Gasteiger partial charge is 0.270 e. The molecule has 0 saturated carbocycles. The molecule has 0 radical (unpaired) electrons. The molecule has 0 N–H and O–H groups in total. The van der Waals surface area contributed by atoms with Crippen molar-refractivity contribution in [2.24, 2.45) is 0 Å². The van der Waals surface area contributed by atoms with Gasteiger partial charge < -0.3 is 0 Å². The molecular weight excluding hydrogens is 224 g/mol. The van der Waals surface area contributed by atoms with Gasteiger partial charge in [0, 0.05) is 5.39 Å². The van der Waals surface area contributed by atoms with Gasteiger partial charge in [0.2, 0.25) is 0 Å². The Labute approximate surface area is 94.8 Å². The van der Waals surface area contributed by atoms with Crippen molar-refractivity contribution in [1.29, 1.82) is 0 Å². The van der Waals surface area contributed by atoms with Crippen LogP contribution >= 0.6 is 0 Å². The fourth-order valence-corrected chi connectivity index (χ4v) is 2.56. The van der Waals surface area contributed by atoms with Crippen LogP contribution in [0.2, 0.25) is 0 Å². The van der Waals surface area contributed by atoms with Crippen LogP contribution in [0, 0.1) is 6.92 Å². The van der Waals surface area contributed by atoms with Crippen molar-refractivity contribution in [3.8, 4) is 0 Å². The van der Waals surface area contributed by atoms with E-state index in [9.17, 15) is 8.42 Å². The van der Waals surface area contributed by atoms with E-state index in [1.807, 2.05) is 25.1 Å². The molecule has 0 unspecified atom stereocenters. The Morgan fingerprint density at radius 3 is 2.56 bits per heavy atom. The minimum absolute atomic E-state index is 0.215. The standard InChI is InChI=1S/C12H12O3S/c1-9-6-7-11-10(8-9)4-3-5-12(11)16(13,14)15-2/h3-8H,1-2H3. The second kappa shape index (κ2) is 3.88. The molecule has 2 rings (SSSR count). The largest absolute Gasteiger partial charge is 0.297 e. The van der Waals surface area contributed by atoms with Crippen molar-refractivity contribution in [3.63, 3.8) is 0 Å². The molecule has 0 amide bonds. The summed E-state index contributed by atoms with van der Waals surface area (Å²) in [6.07, 6.45) is 0. The summed E-state index contributed by atoms with van der Waals surface area (Å²) in [6.45, 7) is 1.97. The predicted octanol–water partition coefficient (Wildman–Crippen LogP) is 2.48. The maximum atomic E-state index is 11.7. The molecule has 0 heterocycles. The van der Waals surface area contributed by atoms with Gasteiger partial charge in [-0.1, -0.05) is 35.9 Å². The van der Waals surface area contributed by atoms with Gasteiger partial charge in [-0.15, -0.1) is 0 Å². The van der Waals surface area contributed by atoms with E-state index in [2.05, 4.69) is 4.18 Å². The van der Waals surface area contributed by atoms with E-state index in [1.54, 1.807) is 18.2 Å². The molecule has 84 valence electrons. The Bertz CT molecular complexity index is 630. The maximum absolute atomic E-state index is 11.7. The number of aryl methyl sites for hydroxylation is 1. The van der Waals surface area contributed by atoms with Crippen molar-refractivity contribution in [1.82, 2.24) is 0 Å². The monoisotopic (exact) mass is 236 g/mol. The lowest BCUT2D eigenvalue weighted by molar-refractivity contribution is 0.398. The number of hydrogen-bond acceptors (Lipinski definition) is 3. The summed E-state index contributed by atoms with van der Waals surface area (Å²) in [5, 5.41) is 1.59. The molecular formula is C12H12O3S. The van der Waals surface area contributed by atoms with Crippen LogP contribution in [0.3, 0.4) is 0 Å². The Morgan fingerprint density at radius 1 is 1.12 bits per heavy atom. The molecule has 0 spiro atoms. The molecule has 2 aromatic rings. The minimum Gasteiger partial charge on any atom is -0.270 e. The van der Waals surface area contributed by atoms with Gasteiger partial charge in [-0.25, -0.2) is 0 Å². The van der Waals surface area contributed by atoms with Crippen LogP contribution in [0.15, 0.2) is 41.3 Å². The summed E-state index contributed by atoms with van der Waals surface area (Å²) in [5.74, 6) is 0. The Kier molecular flexibility index (Phi) is 2.69. The molecule has 0 aliphatic heterocycles. The van der Waals surface area contributed by atoms with E-state index in [4.69, 9.17) is 0 Å². The summed E-state index contributed by atoms with van der Waals surface area (Å²) >= 11 is 0. The molecule has 0 atom stereocenters. The number of rotatable bonds is 2. The molecule has 0 fully saturated rings. The van der Waals surface area contributed by atoms with Gasteiger partial charge in [0.15, 0.2) is 0 Å². The summed E-state index contributed by atoms with van der Waals surface area (Å²) in [6, 6.07) is 10.8. The Hall–Kier alpha value is -1.39. The first kappa shape index (κ1) is 11.1. The molecule has 2 aromatic carbocycles. The average molecular weight is 236 g/mol. The highest BCUT2D eigenvalue weighted by molar-refractivity contribution is 7.87. The SMILES string of the molecule is COS(=O)(=O)c1cccc2cc(C)ccc12. The topological polar surface area (TPSA) is 43.4 Å².